The summed E-state index contributed by atoms with van der Waals surface area (Å²) in [4.78, 5) is 21.7. The van der Waals surface area contributed by atoms with Crippen molar-refractivity contribution in [1.29, 1.82) is 0 Å². The summed E-state index contributed by atoms with van der Waals surface area (Å²) in [5, 5.41) is 3.01. The first kappa shape index (κ1) is 15.8. The maximum Gasteiger partial charge on any atom is 0.230 e. The van der Waals surface area contributed by atoms with Gasteiger partial charge in [0.15, 0.2) is 0 Å². The lowest BCUT2D eigenvalue weighted by molar-refractivity contribution is -0.122. The minimum absolute atomic E-state index is 0.000363. The third kappa shape index (κ3) is 2.40. The number of amides is 1. The minimum atomic E-state index is -0.185. The van der Waals surface area contributed by atoms with Gasteiger partial charge in [-0.2, -0.15) is 0 Å². The Morgan fingerprint density at radius 3 is 2.69 bits per heavy atom. The van der Waals surface area contributed by atoms with Crippen molar-refractivity contribution < 1.29 is 14.3 Å². The molecule has 2 aromatic heterocycles. The Morgan fingerprint density at radius 1 is 1.15 bits per heavy atom. The summed E-state index contributed by atoms with van der Waals surface area (Å²) in [6.07, 6.45) is 4.85. The molecule has 6 atom stereocenters. The van der Waals surface area contributed by atoms with Gasteiger partial charge in [-0.25, -0.2) is 4.98 Å². The maximum atomic E-state index is 13.1. The number of fused-ring (bicyclic) bond motifs is 5. The van der Waals surface area contributed by atoms with E-state index in [1.807, 2.05) is 19.2 Å². The van der Waals surface area contributed by atoms with Crippen LogP contribution in [0.15, 0.2) is 36.7 Å². The molecule has 6 nitrogen and oxygen atoms in total. The highest BCUT2D eigenvalue weighted by molar-refractivity contribution is 5.94. The van der Waals surface area contributed by atoms with E-state index in [4.69, 9.17) is 9.47 Å². The molecule has 2 aliphatic heterocycles. The summed E-state index contributed by atoms with van der Waals surface area (Å²) in [5.41, 5.74) is 2.75. The number of ether oxygens (including phenoxy) is 2. The molecule has 6 heteroatoms. The molecule has 1 saturated carbocycles. The first-order valence-corrected chi connectivity index (χ1v) is 9.04. The van der Waals surface area contributed by atoms with Crippen molar-refractivity contribution in [3.8, 4) is 5.88 Å². The van der Waals surface area contributed by atoms with E-state index in [1.165, 1.54) is 6.42 Å². The highest BCUT2D eigenvalue weighted by Crippen LogP contribution is 2.65. The van der Waals surface area contributed by atoms with Crippen molar-refractivity contribution in [3.63, 3.8) is 0 Å². The number of hydrogen-bond acceptors (Lipinski definition) is 5. The molecule has 1 aliphatic carbocycles. The van der Waals surface area contributed by atoms with Crippen LogP contribution in [0.5, 0.6) is 5.88 Å². The third-order valence-corrected chi connectivity index (χ3v) is 5.98. The van der Waals surface area contributed by atoms with Crippen molar-refractivity contribution in [2.24, 2.45) is 17.8 Å². The van der Waals surface area contributed by atoms with E-state index in [0.717, 1.165) is 11.3 Å². The molecule has 4 heterocycles. The molecule has 26 heavy (non-hydrogen) atoms. The van der Waals surface area contributed by atoms with E-state index < -0.39 is 0 Å². The van der Waals surface area contributed by atoms with Crippen LogP contribution in [0.4, 0.5) is 5.69 Å². The number of aryl methyl sites for hydroxylation is 1. The van der Waals surface area contributed by atoms with Crippen LogP contribution in [0.25, 0.3) is 0 Å². The molecule has 0 spiro atoms. The summed E-state index contributed by atoms with van der Waals surface area (Å²) < 4.78 is 11.3. The highest BCUT2D eigenvalue weighted by atomic mass is 16.5. The Morgan fingerprint density at radius 2 is 2.00 bits per heavy atom. The lowest BCUT2D eigenvalue weighted by Crippen LogP contribution is -2.37. The number of carbonyl (C=O) groups excluding carboxylic acids is 1. The quantitative estimate of drug-likeness (QED) is 0.916. The van der Waals surface area contributed by atoms with Crippen LogP contribution in [0, 0.1) is 24.7 Å². The van der Waals surface area contributed by atoms with E-state index in [1.54, 1.807) is 25.4 Å². The predicted molar refractivity (Wildman–Crippen MR) is 94.9 cm³/mol. The molecule has 3 aliphatic rings. The van der Waals surface area contributed by atoms with Crippen LogP contribution in [0.2, 0.25) is 0 Å². The second kappa shape index (κ2) is 5.77. The zero-order chi connectivity index (χ0) is 17.8. The van der Waals surface area contributed by atoms with Crippen molar-refractivity contribution in [1.82, 2.24) is 9.97 Å². The van der Waals surface area contributed by atoms with Crippen molar-refractivity contribution in [2.45, 2.75) is 31.5 Å². The third-order valence-electron chi connectivity index (χ3n) is 5.98. The highest BCUT2D eigenvalue weighted by Gasteiger charge is 2.68. The van der Waals surface area contributed by atoms with Crippen molar-refractivity contribution in [3.05, 3.63) is 47.9 Å². The van der Waals surface area contributed by atoms with Crippen LogP contribution in [-0.2, 0) is 9.53 Å². The zero-order valence-corrected chi connectivity index (χ0v) is 14.8. The summed E-state index contributed by atoms with van der Waals surface area (Å²) in [7, 11) is 1.57. The van der Waals surface area contributed by atoms with Gasteiger partial charge in [-0.15, -0.1) is 0 Å². The normalized spacial score (nSPS) is 33.6. The monoisotopic (exact) mass is 351 g/mol. The largest absolute Gasteiger partial charge is 0.481 e. The van der Waals surface area contributed by atoms with Gasteiger partial charge in [-0.1, -0.05) is 6.07 Å². The summed E-state index contributed by atoms with van der Waals surface area (Å²) in [6.45, 7) is 1.97. The first-order chi connectivity index (χ1) is 12.7. The fraction of sp³-hybridized carbons (Fsp3) is 0.450. The SMILES string of the molecule is COc1ccc(NC(=O)[C@H]2[C@@H]3O[C@@H]([C@H]4C[C@H]43)[C@@H]2c2ccc(C)nc2)cn1. The topological polar surface area (TPSA) is 73.3 Å². The molecule has 0 radical (unpaired) electrons. The lowest BCUT2D eigenvalue weighted by atomic mass is 9.75. The van der Waals surface area contributed by atoms with Gasteiger partial charge < -0.3 is 14.8 Å². The van der Waals surface area contributed by atoms with Crippen molar-refractivity contribution >= 4 is 11.6 Å². The number of pyridine rings is 2. The van der Waals surface area contributed by atoms with Gasteiger partial charge in [-0.3, -0.25) is 9.78 Å². The predicted octanol–water partition coefficient (Wildman–Crippen LogP) is 2.55. The lowest BCUT2D eigenvalue weighted by Gasteiger charge is -2.27. The zero-order valence-electron chi connectivity index (χ0n) is 14.8. The number of rotatable bonds is 4. The number of nitrogens with one attached hydrogen (secondary N) is 1. The van der Waals surface area contributed by atoms with E-state index in [-0.39, 0.29) is 30.0 Å². The molecule has 0 unspecified atom stereocenters. The summed E-state index contributed by atoms with van der Waals surface area (Å²) >= 11 is 0. The van der Waals surface area contributed by atoms with Gasteiger partial charge >= 0.3 is 0 Å². The number of carbonyl (C=O) groups is 1. The number of anilines is 1. The number of methoxy groups -OCH3 is 1. The van der Waals surface area contributed by atoms with Crippen molar-refractivity contribution in [2.75, 3.05) is 12.4 Å². The Balaban J connectivity index is 1.41. The smallest absolute Gasteiger partial charge is 0.230 e. The molecule has 1 N–H and O–H groups in total. The molecule has 2 aromatic rings. The van der Waals surface area contributed by atoms with Gasteiger partial charge in [0.2, 0.25) is 11.8 Å². The van der Waals surface area contributed by atoms with Crippen LogP contribution in [0.3, 0.4) is 0 Å². The second-order valence-corrected chi connectivity index (χ2v) is 7.49. The molecule has 1 amide bonds. The molecular formula is C20H21N3O3. The molecule has 3 fully saturated rings. The number of hydrogen-bond donors (Lipinski definition) is 1. The van der Waals surface area contributed by atoms with Gasteiger partial charge in [0.05, 0.1) is 37.1 Å². The average Bonchev–Trinajstić information content (AvgIpc) is 3.28. The second-order valence-electron chi connectivity index (χ2n) is 7.49. The van der Waals surface area contributed by atoms with E-state index >= 15 is 0 Å². The Bertz CT molecular complexity index is 836. The van der Waals surface area contributed by atoms with Crippen LogP contribution >= 0.6 is 0 Å². The minimum Gasteiger partial charge on any atom is -0.481 e. The van der Waals surface area contributed by atoms with E-state index in [2.05, 4.69) is 21.4 Å². The molecule has 2 saturated heterocycles. The van der Waals surface area contributed by atoms with Crippen LogP contribution < -0.4 is 10.1 Å². The molecular weight excluding hydrogens is 330 g/mol. The van der Waals surface area contributed by atoms with E-state index in [9.17, 15) is 4.79 Å². The van der Waals surface area contributed by atoms with Gasteiger partial charge in [0.1, 0.15) is 0 Å². The van der Waals surface area contributed by atoms with E-state index in [0.29, 0.717) is 23.4 Å². The van der Waals surface area contributed by atoms with Gasteiger partial charge in [-0.05, 0) is 42.9 Å². The number of nitrogens with zero attached hydrogens (tertiary/aromatic N) is 2. The fourth-order valence-corrected chi connectivity index (χ4v) is 4.67. The van der Waals surface area contributed by atoms with Crippen LogP contribution in [0.1, 0.15) is 23.6 Å². The summed E-state index contributed by atoms with van der Waals surface area (Å²) in [5.74, 6) is 1.56. The summed E-state index contributed by atoms with van der Waals surface area (Å²) in [6, 6.07) is 7.64. The fourth-order valence-electron chi connectivity index (χ4n) is 4.67. The van der Waals surface area contributed by atoms with Gasteiger partial charge in [0.25, 0.3) is 0 Å². The maximum absolute atomic E-state index is 13.1. The molecule has 2 bridgehead atoms. The molecule has 0 aromatic carbocycles. The van der Waals surface area contributed by atoms with Gasteiger partial charge in [0, 0.05) is 23.9 Å². The molecule has 5 rings (SSSR count). The Kier molecular flexibility index (Phi) is 3.50. The number of aromatic nitrogens is 2. The molecule has 134 valence electrons. The Labute approximate surface area is 151 Å². The Hall–Kier alpha value is -2.47. The first-order valence-electron chi connectivity index (χ1n) is 9.04. The standard InChI is InChI=1S/C20H21N3O3/c1-10-3-4-11(8-21-10)16-17(19-14-7-13(14)18(16)26-19)20(24)23-12-5-6-15(25-2)22-9-12/h3-6,8-9,13-14,16-19H,7H2,1-2H3,(H,23,24)/t13-,14+,16+,17+,18-,19+/m0/s1. The van der Waals surface area contributed by atoms with Crippen LogP contribution in [-0.4, -0.2) is 35.2 Å². The average molecular weight is 351 g/mol.